The van der Waals surface area contributed by atoms with E-state index < -0.39 is 20.0 Å². The van der Waals surface area contributed by atoms with Crippen LogP contribution in [0.4, 0.5) is 0 Å². The minimum atomic E-state index is -3.39. The Morgan fingerprint density at radius 2 is 1.21 bits per heavy atom. The summed E-state index contributed by atoms with van der Waals surface area (Å²) in [5.74, 6) is 1.30. The van der Waals surface area contributed by atoms with Crippen molar-refractivity contribution in [3.05, 3.63) is 58.5 Å². The second kappa shape index (κ2) is 25.3. The smallest absolute Gasteiger partial charge is 0.212 e. The zero-order chi connectivity index (χ0) is 41.1. The standard InChI is InChI=1S/C19H27N3O4S2.C14H15NO3S.C5H12N2O2S.B/c20-28(24,25)15-8-11-22(12-9-15)10-4-2-1-3-6-17(23)16-14-18(26-21-16)19-7-5-13-27-19;16-8-4-2-1-3-6-12(17)11-10-13(18-15-11)14-7-5-9-19-14;6-10(8,9)5-1-3-7-4-2-5;/h5,7,13-15H,1-4,6,8-12H2,(H2,20,24,25);5,7-10H,1-4,6H2;5,7H,1-4H2,(H2,6,8,9);. The van der Waals surface area contributed by atoms with Gasteiger partial charge in [0.25, 0.3) is 0 Å². The summed E-state index contributed by atoms with van der Waals surface area (Å²) in [6, 6.07) is 11.2. The first kappa shape index (κ1) is 49.0. The summed E-state index contributed by atoms with van der Waals surface area (Å²) in [4.78, 5) is 38.5. The number of aldehydes is 1. The molecule has 0 saturated carbocycles. The maximum atomic E-state index is 12.2. The van der Waals surface area contributed by atoms with E-state index in [1.54, 1.807) is 34.8 Å². The highest BCUT2D eigenvalue weighted by atomic mass is 32.2. The van der Waals surface area contributed by atoms with E-state index in [4.69, 9.17) is 19.3 Å². The molecule has 20 heteroatoms. The lowest BCUT2D eigenvalue weighted by Crippen LogP contribution is -2.41. The molecule has 5 N–H and O–H groups in total. The van der Waals surface area contributed by atoms with Gasteiger partial charge in [-0.3, -0.25) is 9.59 Å². The van der Waals surface area contributed by atoms with Crippen molar-refractivity contribution < 1.29 is 40.3 Å². The lowest BCUT2D eigenvalue weighted by molar-refractivity contribution is -0.107. The molecular formula is C38H54BN6O9S4. The zero-order valence-electron chi connectivity index (χ0n) is 32.7. The van der Waals surface area contributed by atoms with E-state index >= 15 is 0 Å². The molecule has 317 valence electrons. The van der Waals surface area contributed by atoms with Crippen LogP contribution in [0.1, 0.15) is 111 Å². The minimum Gasteiger partial charge on any atom is -0.355 e. The number of rotatable bonds is 19. The molecule has 15 nitrogen and oxygen atoms in total. The van der Waals surface area contributed by atoms with Gasteiger partial charge in [0.15, 0.2) is 23.1 Å². The number of likely N-dealkylation sites (tertiary alicyclic amines) is 1. The van der Waals surface area contributed by atoms with Crippen LogP contribution in [0.2, 0.25) is 0 Å². The van der Waals surface area contributed by atoms with E-state index in [-0.39, 0.29) is 30.5 Å². The molecule has 4 aromatic rings. The van der Waals surface area contributed by atoms with Crippen molar-refractivity contribution >= 4 is 69.0 Å². The Kier molecular flexibility index (Phi) is 21.4. The van der Waals surface area contributed by atoms with Gasteiger partial charge in [-0.1, -0.05) is 41.7 Å². The normalized spacial score (nSPS) is 15.3. The fourth-order valence-corrected chi connectivity index (χ4v) is 9.50. The second-order valence-electron chi connectivity index (χ2n) is 14.1. The first-order valence-electron chi connectivity index (χ1n) is 19.3. The summed E-state index contributed by atoms with van der Waals surface area (Å²) in [6.45, 7) is 4.08. The summed E-state index contributed by atoms with van der Waals surface area (Å²) >= 11 is 3.11. The average molecular weight is 878 g/mol. The third-order valence-electron chi connectivity index (χ3n) is 9.72. The highest BCUT2D eigenvalue weighted by molar-refractivity contribution is 7.90. The van der Waals surface area contributed by atoms with Crippen molar-refractivity contribution in [3.63, 3.8) is 0 Å². The number of sulfonamides is 2. The number of unbranched alkanes of at least 4 members (excludes halogenated alkanes) is 6. The van der Waals surface area contributed by atoms with Crippen LogP contribution in [0.15, 0.2) is 56.2 Å². The summed E-state index contributed by atoms with van der Waals surface area (Å²) in [6.07, 6.45) is 11.4. The van der Waals surface area contributed by atoms with E-state index in [0.29, 0.717) is 67.9 Å². The highest BCUT2D eigenvalue weighted by Gasteiger charge is 2.27. The number of carbonyl (C=O) groups is 3. The molecule has 0 atom stereocenters. The fourth-order valence-electron chi connectivity index (χ4n) is 6.39. The van der Waals surface area contributed by atoms with E-state index in [9.17, 15) is 31.2 Å². The number of hydrogen-bond donors (Lipinski definition) is 3. The number of primary sulfonamides is 2. The van der Waals surface area contributed by atoms with Crippen LogP contribution < -0.4 is 15.6 Å². The molecule has 0 aliphatic carbocycles. The maximum absolute atomic E-state index is 12.2. The lowest BCUT2D eigenvalue weighted by Gasteiger charge is -2.30. The SMILES string of the molecule is NS(=O)(=O)C1CCN(CCCCCCC(=O)c2cc(-c3cccs3)on2)CC1.NS(=O)(=O)C1CCNCC1.O=CCCCCCC(=O)c1cc(-c2cccs2)on1.[B]. The molecule has 2 saturated heterocycles. The topological polar surface area (TPSA) is 239 Å². The maximum Gasteiger partial charge on any atom is 0.212 e. The van der Waals surface area contributed by atoms with E-state index in [0.717, 1.165) is 93.7 Å². The van der Waals surface area contributed by atoms with Gasteiger partial charge in [0.1, 0.15) is 17.7 Å². The molecule has 2 aliphatic heterocycles. The van der Waals surface area contributed by atoms with Crippen LogP contribution >= 0.6 is 22.7 Å². The Balaban J connectivity index is 0.000000258. The van der Waals surface area contributed by atoms with Crippen LogP contribution in [0.25, 0.3) is 21.3 Å². The van der Waals surface area contributed by atoms with Crippen molar-refractivity contribution in [1.82, 2.24) is 20.5 Å². The van der Waals surface area contributed by atoms with E-state index in [1.807, 2.05) is 35.0 Å². The van der Waals surface area contributed by atoms with Gasteiger partial charge in [0.05, 0.1) is 20.3 Å². The van der Waals surface area contributed by atoms with Gasteiger partial charge >= 0.3 is 0 Å². The molecule has 6 rings (SSSR count). The second-order valence-corrected chi connectivity index (χ2v) is 19.6. The number of nitrogens with one attached hydrogen (secondary N) is 1. The minimum absolute atomic E-state index is 0. The summed E-state index contributed by atoms with van der Waals surface area (Å²) in [7, 11) is -6.66. The summed E-state index contributed by atoms with van der Waals surface area (Å²) in [5.41, 5.74) is 0.792. The van der Waals surface area contributed by atoms with Gasteiger partial charge in [0, 0.05) is 39.8 Å². The van der Waals surface area contributed by atoms with Crippen molar-refractivity contribution in [3.8, 4) is 21.3 Å². The number of thiophene rings is 2. The summed E-state index contributed by atoms with van der Waals surface area (Å²) in [5, 5.41) is 24.2. The van der Waals surface area contributed by atoms with Gasteiger partial charge in [-0.05, 0) is 107 Å². The molecule has 0 unspecified atom stereocenters. The monoisotopic (exact) mass is 877 g/mol. The van der Waals surface area contributed by atoms with E-state index in [2.05, 4.69) is 20.5 Å². The molecule has 0 aromatic carbocycles. The van der Waals surface area contributed by atoms with Crippen LogP contribution in [0.5, 0.6) is 0 Å². The quantitative estimate of drug-likeness (QED) is 0.0446. The van der Waals surface area contributed by atoms with Gasteiger partial charge in [-0.15, -0.1) is 22.7 Å². The molecule has 2 aliphatic rings. The molecule has 4 aromatic heterocycles. The van der Waals surface area contributed by atoms with Gasteiger partial charge < -0.3 is 24.1 Å². The van der Waals surface area contributed by atoms with Crippen LogP contribution in [-0.2, 0) is 24.8 Å². The number of Topliss-reactive ketones (excluding diaryl/α,β-unsaturated/α-hetero) is 2. The molecule has 2 fully saturated rings. The Morgan fingerprint density at radius 1 is 0.741 bits per heavy atom. The Bertz CT molecular complexity index is 2010. The lowest BCUT2D eigenvalue weighted by atomic mass is 10.1. The van der Waals surface area contributed by atoms with E-state index in [1.165, 1.54) is 0 Å². The van der Waals surface area contributed by atoms with Gasteiger partial charge in [0.2, 0.25) is 20.0 Å². The predicted molar refractivity (Wildman–Crippen MR) is 228 cm³/mol. The van der Waals surface area contributed by atoms with Gasteiger partial charge in [-0.2, -0.15) is 0 Å². The number of carbonyl (C=O) groups excluding carboxylic acids is 3. The Hall–Kier alpha value is -3.37. The molecule has 3 radical (unpaired) electrons. The molecule has 58 heavy (non-hydrogen) atoms. The predicted octanol–water partition coefficient (Wildman–Crippen LogP) is 5.67. The number of hydrogen-bond acceptors (Lipinski definition) is 15. The number of nitrogens with zero attached hydrogens (tertiary/aromatic N) is 3. The third kappa shape index (κ3) is 17.1. The largest absolute Gasteiger partial charge is 0.355 e. The van der Waals surface area contributed by atoms with Crippen LogP contribution in [0, 0.1) is 0 Å². The first-order valence-corrected chi connectivity index (χ1v) is 24.3. The Labute approximate surface area is 351 Å². The third-order valence-corrected chi connectivity index (χ3v) is 14.3. The number of ketones is 2. The van der Waals surface area contributed by atoms with Crippen molar-refractivity contribution in [2.75, 3.05) is 32.7 Å². The Morgan fingerprint density at radius 3 is 1.64 bits per heavy atom. The number of nitrogens with two attached hydrogens (primary N) is 2. The number of piperidine rings is 2. The van der Waals surface area contributed by atoms with Crippen molar-refractivity contribution in [1.29, 1.82) is 0 Å². The van der Waals surface area contributed by atoms with Crippen LogP contribution in [0.3, 0.4) is 0 Å². The van der Waals surface area contributed by atoms with Crippen molar-refractivity contribution in [2.24, 2.45) is 10.3 Å². The van der Waals surface area contributed by atoms with Gasteiger partial charge in [-0.25, -0.2) is 27.1 Å². The molecule has 6 heterocycles. The summed E-state index contributed by atoms with van der Waals surface area (Å²) < 4.78 is 54.6. The molecule has 0 amide bonds. The number of aromatic nitrogens is 2. The molecule has 0 bridgehead atoms. The average Bonchev–Trinajstić information content (AvgIpc) is 4.04. The van der Waals surface area contributed by atoms with Crippen molar-refractivity contribution in [2.45, 2.75) is 100 Å². The zero-order valence-corrected chi connectivity index (χ0v) is 35.9. The molecular weight excluding hydrogens is 824 g/mol. The highest BCUT2D eigenvalue weighted by Crippen LogP contribution is 2.27. The molecule has 0 spiro atoms. The fraction of sp³-hybridized carbons (Fsp3) is 0.553. The van der Waals surface area contributed by atoms with Crippen LogP contribution in [-0.4, -0.2) is 102 Å². The first-order chi connectivity index (χ1) is 27.3.